The van der Waals surface area contributed by atoms with E-state index in [1.807, 2.05) is 13.2 Å². The average molecular weight is 227 g/mol. The monoisotopic (exact) mass is 227 g/mol. The van der Waals surface area contributed by atoms with Crippen LogP contribution in [-0.2, 0) is 19.9 Å². The van der Waals surface area contributed by atoms with Gasteiger partial charge in [-0.2, -0.15) is 5.10 Å². The Kier molecular flexibility index (Phi) is 2.21. The normalized spacial score (nSPS) is 14.0. The van der Waals surface area contributed by atoms with Gasteiger partial charge in [0, 0.05) is 12.6 Å². The van der Waals surface area contributed by atoms with Crippen molar-refractivity contribution < 1.29 is 0 Å². The molecule has 0 unspecified atom stereocenters. The van der Waals surface area contributed by atoms with Gasteiger partial charge in [-0.1, -0.05) is 12.1 Å². The molecule has 17 heavy (non-hydrogen) atoms. The number of nitrogens with zero attached hydrogens (tertiary/aromatic N) is 2. The molecule has 1 aliphatic carbocycles. The molecular formula is C14H17N3. The molecule has 0 spiro atoms. The van der Waals surface area contributed by atoms with Gasteiger partial charge in [0.1, 0.15) is 5.82 Å². The number of nitrogen functional groups attached to an aromatic ring is 1. The second kappa shape index (κ2) is 3.62. The van der Waals surface area contributed by atoms with Crippen LogP contribution in [0.15, 0.2) is 18.3 Å². The third kappa shape index (κ3) is 1.46. The van der Waals surface area contributed by atoms with E-state index in [1.165, 1.54) is 41.5 Å². The largest absolute Gasteiger partial charge is 0.383 e. The second-order valence-corrected chi connectivity index (χ2v) is 4.81. The Bertz CT molecular complexity index is 581. The first kappa shape index (κ1) is 10.4. The van der Waals surface area contributed by atoms with E-state index >= 15 is 0 Å². The lowest BCUT2D eigenvalue weighted by Crippen LogP contribution is -1.99. The van der Waals surface area contributed by atoms with E-state index in [0.29, 0.717) is 0 Å². The van der Waals surface area contributed by atoms with Crippen LogP contribution < -0.4 is 5.73 Å². The molecule has 0 aliphatic heterocycles. The van der Waals surface area contributed by atoms with Crippen LogP contribution in [0.2, 0.25) is 0 Å². The van der Waals surface area contributed by atoms with Gasteiger partial charge in [-0.25, -0.2) is 0 Å². The van der Waals surface area contributed by atoms with Crippen molar-refractivity contribution in [1.82, 2.24) is 9.78 Å². The minimum atomic E-state index is 0.753. The molecule has 1 aromatic carbocycles. The molecule has 3 nitrogen and oxygen atoms in total. The number of hydrogen-bond acceptors (Lipinski definition) is 2. The van der Waals surface area contributed by atoms with Crippen LogP contribution in [0.3, 0.4) is 0 Å². The molecule has 0 saturated carbocycles. The number of aromatic nitrogens is 2. The van der Waals surface area contributed by atoms with Gasteiger partial charge < -0.3 is 5.73 Å². The molecule has 0 saturated heterocycles. The minimum absolute atomic E-state index is 0.753. The van der Waals surface area contributed by atoms with Crippen molar-refractivity contribution in [2.24, 2.45) is 7.05 Å². The molecule has 0 amide bonds. The van der Waals surface area contributed by atoms with Crippen LogP contribution in [0, 0.1) is 6.92 Å². The molecule has 0 fully saturated rings. The van der Waals surface area contributed by atoms with Gasteiger partial charge in [0.05, 0.1) is 6.20 Å². The molecule has 2 aromatic rings. The summed E-state index contributed by atoms with van der Waals surface area (Å²) >= 11 is 0. The van der Waals surface area contributed by atoms with E-state index in [0.717, 1.165) is 11.4 Å². The van der Waals surface area contributed by atoms with Crippen molar-refractivity contribution in [1.29, 1.82) is 0 Å². The molecule has 1 aliphatic rings. The van der Waals surface area contributed by atoms with Gasteiger partial charge in [-0.15, -0.1) is 0 Å². The summed E-state index contributed by atoms with van der Waals surface area (Å²) in [5, 5.41) is 4.23. The third-order valence-electron chi connectivity index (χ3n) is 3.79. The maximum atomic E-state index is 6.07. The van der Waals surface area contributed by atoms with E-state index in [2.05, 4.69) is 24.2 Å². The molecule has 3 heteroatoms. The fraction of sp³-hybridized carbons (Fsp3) is 0.357. The van der Waals surface area contributed by atoms with Crippen LogP contribution in [0.5, 0.6) is 0 Å². The predicted octanol–water partition coefficient (Wildman–Crippen LogP) is 2.47. The van der Waals surface area contributed by atoms with Crippen LogP contribution >= 0.6 is 0 Å². The Balaban J connectivity index is 2.23. The second-order valence-electron chi connectivity index (χ2n) is 4.81. The Hall–Kier alpha value is -1.77. The van der Waals surface area contributed by atoms with Crippen LogP contribution in [0.1, 0.15) is 23.1 Å². The van der Waals surface area contributed by atoms with Crippen LogP contribution in [0.25, 0.3) is 11.1 Å². The average Bonchev–Trinajstić information content (AvgIpc) is 2.91. The first-order chi connectivity index (χ1) is 8.18. The van der Waals surface area contributed by atoms with Gasteiger partial charge in [-0.3, -0.25) is 4.68 Å². The van der Waals surface area contributed by atoms with E-state index in [1.54, 1.807) is 4.68 Å². The maximum Gasteiger partial charge on any atom is 0.129 e. The highest BCUT2D eigenvalue weighted by Crippen LogP contribution is 2.36. The molecule has 1 heterocycles. The molecule has 0 bridgehead atoms. The lowest BCUT2D eigenvalue weighted by Gasteiger charge is -2.10. The number of anilines is 1. The maximum absolute atomic E-state index is 6.07. The number of aryl methyl sites for hydroxylation is 2. The van der Waals surface area contributed by atoms with Crippen LogP contribution in [0.4, 0.5) is 5.82 Å². The van der Waals surface area contributed by atoms with Crippen molar-refractivity contribution in [2.75, 3.05) is 5.73 Å². The third-order valence-corrected chi connectivity index (χ3v) is 3.79. The fourth-order valence-corrected chi connectivity index (χ4v) is 2.79. The smallest absolute Gasteiger partial charge is 0.129 e. The van der Waals surface area contributed by atoms with E-state index < -0.39 is 0 Å². The Morgan fingerprint density at radius 2 is 1.94 bits per heavy atom. The van der Waals surface area contributed by atoms with Crippen molar-refractivity contribution in [3.63, 3.8) is 0 Å². The van der Waals surface area contributed by atoms with Crippen molar-refractivity contribution in [3.8, 4) is 11.1 Å². The van der Waals surface area contributed by atoms with Crippen molar-refractivity contribution in [2.45, 2.75) is 26.2 Å². The van der Waals surface area contributed by atoms with Gasteiger partial charge in [0.2, 0.25) is 0 Å². The number of fused-ring (bicyclic) bond motifs is 1. The number of rotatable bonds is 1. The van der Waals surface area contributed by atoms with E-state index in [9.17, 15) is 0 Å². The standard InChI is InChI=1S/C14H17N3/c1-9-6-7-12(11-5-3-4-10(9)11)13-8-16-17(2)14(13)15/h6-8H,3-5,15H2,1-2H3. The molecule has 1 aromatic heterocycles. The lowest BCUT2D eigenvalue weighted by molar-refractivity contribution is 0.779. The molecule has 3 rings (SSSR count). The summed E-state index contributed by atoms with van der Waals surface area (Å²) in [6, 6.07) is 4.39. The fourth-order valence-electron chi connectivity index (χ4n) is 2.79. The van der Waals surface area contributed by atoms with E-state index in [-0.39, 0.29) is 0 Å². The lowest BCUT2D eigenvalue weighted by atomic mass is 9.95. The summed E-state index contributed by atoms with van der Waals surface area (Å²) in [6.45, 7) is 2.19. The number of nitrogens with two attached hydrogens (primary N) is 1. The zero-order chi connectivity index (χ0) is 12.0. The molecule has 88 valence electrons. The highest BCUT2D eigenvalue weighted by Gasteiger charge is 2.19. The minimum Gasteiger partial charge on any atom is -0.383 e. The van der Waals surface area contributed by atoms with Gasteiger partial charge in [0.25, 0.3) is 0 Å². The van der Waals surface area contributed by atoms with Gasteiger partial charge in [-0.05, 0) is 48.4 Å². The zero-order valence-electron chi connectivity index (χ0n) is 10.3. The van der Waals surface area contributed by atoms with Gasteiger partial charge in [0.15, 0.2) is 0 Å². The highest BCUT2D eigenvalue weighted by atomic mass is 15.3. The number of hydrogen-bond donors (Lipinski definition) is 1. The first-order valence-electron chi connectivity index (χ1n) is 6.07. The Morgan fingerprint density at radius 1 is 1.18 bits per heavy atom. The molecule has 0 atom stereocenters. The Morgan fingerprint density at radius 3 is 2.65 bits per heavy atom. The van der Waals surface area contributed by atoms with Crippen molar-refractivity contribution >= 4 is 5.82 Å². The summed E-state index contributed by atoms with van der Waals surface area (Å²) < 4.78 is 1.73. The highest BCUT2D eigenvalue weighted by molar-refractivity contribution is 5.78. The summed E-state index contributed by atoms with van der Waals surface area (Å²) in [4.78, 5) is 0. The first-order valence-corrected chi connectivity index (χ1v) is 6.07. The molecule has 0 radical (unpaired) electrons. The summed E-state index contributed by atoms with van der Waals surface area (Å²) in [5.41, 5.74) is 12.8. The predicted molar refractivity (Wildman–Crippen MR) is 69.8 cm³/mol. The molecule has 2 N–H and O–H groups in total. The number of benzene rings is 1. The van der Waals surface area contributed by atoms with E-state index in [4.69, 9.17) is 5.73 Å². The van der Waals surface area contributed by atoms with Crippen molar-refractivity contribution in [3.05, 3.63) is 35.0 Å². The Labute approximate surface area is 101 Å². The summed E-state index contributed by atoms with van der Waals surface area (Å²) in [5.74, 6) is 0.753. The quantitative estimate of drug-likeness (QED) is 0.813. The topological polar surface area (TPSA) is 43.8 Å². The summed E-state index contributed by atoms with van der Waals surface area (Å²) in [6.07, 6.45) is 5.50. The molecular weight excluding hydrogens is 210 g/mol. The van der Waals surface area contributed by atoms with Gasteiger partial charge >= 0.3 is 0 Å². The SMILES string of the molecule is Cc1ccc(-c2cnn(C)c2N)c2c1CCC2. The van der Waals surface area contributed by atoms with Crippen LogP contribution in [-0.4, -0.2) is 9.78 Å². The zero-order valence-corrected chi connectivity index (χ0v) is 10.3. The summed E-state index contributed by atoms with van der Waals surface area (Å²) in [7, 11) is 1.88.